The first-order chi connectivity index (χ1) is 10.4. The van der Waals surface area contributed by atoms with Gasteiger partial charge in [0.05, 0.1) is 13.2 Å². The zero-order valence-electron chi connectivity index (χ0n) is 12.9. The van der Waals surface area contributed by atoms with Gasteiger partial charge in [0.25, 0.3) is 5.56 Å². The third-order valence-corrected chi connectivity index (χ3v) is 3.81. The lowest BCUT2D eigenvalue weighted by molar-refractivity contribution is -0.145. The van der Waals surface area contributed by atoms with Crippen molar-refractivity contribution in [3.8, 4) is 5.75 Å². The van der Waals surface area contributed by atoms with Crippen LogP contribution in [0, 0.1) is 0 Å². The van der Waals surface area contributed by atoms with E-state index in [1.807, 2.05) is 0 Å². The molecule has 0 spiro atoms. The zero-order chi connectivity index (χ0) is 16.2. The Morgan fingerprint density at radius 3 is 2.73 bits per heavy atom. The van der Waals surface area contributed by atoms with Gasteiger partial charge in [0.1, 0.15) is 12.1 Å². The Morgan fingerprint density at radius 2 is 2.09 bits per heavy atom. The molecule has 2 rings (SSSR count). The molecule has 1 aromatic heterocycles. The first-order valence-corrected chi connectivity index (χ1v) is 7.31. The second kappa shape index (κ2) is 6.93. The van der Waals surface area contributed by atoms with Crippen LogP contribution in [-0.2, 0) is 15.1 Å². The zero-order valence-corrected chi connectivity index (χ0v) is 12.9. The fourth-order valence-electron chi connectivity index (χ4n) is 2.24. The molecule has 1 saturated heterocycles. The third-order valence-electron chi connectivity index (χ3n) is 3.81. The Labute approximate surface area is 129 Å². The third kappa shape index (κ3) is 3.66. The van der Waals surface area contributed by atoms with Crippen molar-refractivity contribution >= 4 is 5.97 Å². The number of hydrogen-bond acceptors (Lipinski definition) is 5. The van der Waals surface area contributed by atoms with Crippen LogP contribution in [-0.4, -0.2) is 60.0 Å². The highest BCUT2D eigenvalue weighted by molar-refractivity contribution is 5.75. The van der Waals surface area contributed by atoms with Crippen molar-refractivity contribution in [1.82, 2.24) is 9.47 Å². The average Bonchev–Trinajstić information content (AvgIpc) is 2.49. The SMILES string of the molecule is CC(C)(C(=O)O)n1cccc(OCCN2CCOCC2)c1=O. The summed E-state index contributed by atoms with van der Waals surface area (Å²) in [5.74, 6) is -0.898. The van der Waals surface area contributed by atoms with Gasteiger partial charge in [-0.2, -0.15) is 0 Å². The summed E-state index contributed by atoms with van der Waals surface area (Å²) in [4.78, 5) is 25.8. The number of hydrogen-bond donors (Lipinski definition) is 1. The van der Waals surface area contributed by atoms with Gasteiger partial charge in [0.15, 0.2) is 5.75 Å². The minimum absolute atomic E-state index is 0.171. The van der Waals surface area contributed by atoms with Crippen molar-refractivity contribution < 1.29 is 19.4 Å². The van der Waals surface area contributed by atoms with Gasteiger partial charge >= 0.3 is 5.97 Å². The maximum absolute atomic E-state index is 12.3. The van der Waals surface area contributed by atoms with Crippen LogP contribution in [0.5, 0.6) is 5.75 Å². The van der Waals surface area contributed by atoms with Crippen LogP contribution >= 0.6 is 0 Å². The Bertz CT molecular complexity index is 576. The summed E-state index contributed by atoms with van der Waals surface area (Å²) >= 11 is 0. The lowest BCUT2D eigenvalue weighted by Crippen LogP contribution is -2.43. The number of aromatic nitrogens is 1. The molecule has 0 amide bonds. The highest BCUT2D eigenvalue weighted by atomic mass is 16.5. The monoisotopic (exact) mass is 310 g/mol. The summed E-state index contributed by atoms with van der Waals surface area (Å²) in [5, 5.41) is 9.24. The molecule has 122 valence electrons. The number of pyridine rings is 1. The van der Waals surface area contributed by atoms with Gasteiger partial charge in [-0.3, -0.25) is 14.3 Å². The van der Waals surface area contributed by atoms with Crippen molar-refractivity contribution in [2.24, 2.45) is 0 Å². The van der Waals surface area contributed by atoms with Crippen molar-refractivity contribution in [3.05, 3.63) is 28.7 Å². The van der Waals surface area contributed by atoms with Gasteiger partial charge in [-0.25, -0.2) is 4.79 Å². The lowest BCUT2D eigenvalue weighted by Gasteiger charge is -2.26. The first kappa shape index (κ1) is 16.5. The van der Waals surface area contributed by atoms with E-state index in [-0.39, 0.29) is 5.75 Å². The van der Waals surface area contributed by atoms with E-state index in [0.717, 1.165) is 13.1 Å². The van der Waals surface area contributed by atoms with Crippen molar-refractivity contribution in [2.45, 2.75) is 19.4 Å². The van der Waals surface area contributed by atoms with Crippen LogP contribution in [0.15, 0.2) is 23.1 Å². The minimum atomic E-state index is -1.32. The fourth-order valence-corrected chi connectivity index (χ4v) is 2.24. The van der Waals surface area contributed by atoms with Crippen LogP contribution in [0.2, 0.25) is 0 Å². The van der Waals surface area contributed by atoms with E-state index in [4.69, 9.17) is 9.47 Å². The molecule has 0 atom stereocenters. The molecule has 1 aliphatic heterocycles. The van der Waals surface area contributed by atoms with E-state index in [2.05, 4.69) is 4.90 Å². The number of carboxylic acid groups (broad SMARTS) is 1. The summed E-state index contributed by atoms with van der Waals surface area (Å²) < 4.78 is 12.0. The molecule has 1 N–H and O–H groups in total. The quantitative estimate of drug-likeness (QED) is 0.818. The van der Waals surface area contributed by atoms with Crippen LogP contribution in [0.3, 0.4) is 0 Å². The summed E-state index contributed by atoms with van der Waals surface area (Å²) in [7, 11) is 0. The number of aliphatic carboxylic acids is 1. The molecule has 0 bridgehead atoms. The second-order valence-corrected chi connectivity index (χ2v) is 5.71. The molecule has 7 heteroatoms. The molecule has 22 heavy (non-hydrogen) atoms. The van der Waals surface area contributed by atoms with E-state index >= 15 is 0 Å². The molecule has 1 fully saturated rings. The molecular formula is C15H22N2O5. The first-order valence-electron chi connectivity index (χ1n) is 7.31. The van der Waals surface area contributed by atoms with Gasteiger partial charge in [-0.15, -0.1) is 0 Å². The predicted octanol–water partition coefficient (Wildman–Crippen LogP) is 0.379. The molecule has 0 saturated carbocycles. The summed E-state index contributed by atoms with van der Waals surface area (Å²) in [6, 6.07) is 3.19. The number of morpholine rings is 1. The highest BCUT2D eigenvalue weighted by Crippen LogP contribution is 2.14. The predicted molar refractivity (Wildman–Crippen MR) is 80.4 cm³/mol. The number of carboxylic acids is 1. The van der Waals surface area contributed by atoms with E-state index in [9.17, 15) is 14.7 Å². The largest absolute Gasteiger partial charge is 0.487 e. The van der Waals surface area contributed by atoms with Gasteiger partial charge in [0.2, 0.25) is 0 Å². The molecule has 0 aromatic carbocycles. The molecule has 7 nitrogen and oxygen atoms in total. The maximum Gasteiger partial charge on any atom is 0.329 e. The van der Waals surface area contributed by atoms with Crippen molar-refractivity contribution in [2.75, 3.05) is 39.5 Å². The van der Waals surface area contributed by atoms with Gasteiger partial charge in [0, 0.05) is 25.8 Å². The number of nitrogens with zero attached hydrogens (tertiary/aromatic N) is 2. The van der Waals surface area contributed by atoms with Crippen LogP contribution in [0.1, 0.15) is 13.8 Å². The van der Waals surface area contributed by atoms with E-state index in [1.165, 1.54) is 24.6 Å². The molecule has 0 aliphatic carbocycles. The molecule has 1 aromatic rings. The van der Waals surface area contributed by atoms with Crippen molar-refractivity contribution in [1.29, 1.82) is 0 Å². The standard InChI is InChI=1S/C15H22N2O5/c1-15(2,14(19)20)17-5-3-4-12(13(17)18)22-11-8-16-6-9-21-10-7-16/h3-5H,6-11H2,1-2H3,(H,19,20). The van der Waals surface area contributed by atoms with E-state index < -0.39 is 17.1 Å². The average molecular weight is 310 g/mol. The van der Waals surface area contributed by atoms with E-state index in [1.54, 1.807) is 12.1 Å². The topological polar surface area (TPSA) is 81.0 Å². The molecule has 2 heterocycles. The normalized spacial score (nSPS) is 16.5. The van der Waals surface area contributed by atoms with Crippen LogP contribution in [0.4, 0.5) is 0 Å². The van der Waals surface area contributed by atoms with Crippen molar-refractivity contribution in [3.63, 3.8) is 0 Å². The lowest BCUT2D eigenvalue weighted by atomic mass is 10.1. The Balaban J connectivity index is 2.03. The molecule has 0 unspecified atom stereocenters. The highest BCUT2D eigenvalue weighted by Gasteiger charge is 2.30. The summed E-state index contributed by atoms with van der Waals surface area (Å²) in [6.07, 6.45) is 1.46. The Kier molecular flexibility index (Phi) is 5.20. The van der Waals surface area contributed by atoms with Crippen LogP contribution in [0.25, 0.3) is 0 Å². The number of rotatable bonds is 6. The Hall–Kier alpha value is -1.86. The van der Waals surface area contributed by atoms with Crippen LogP contribution < -0.4 is 10.3 Å². The molecule has 0 radical (unpaired) electrons. The van der Waals surface area contributed by atoms with Gasteiger partial charge in [-0.05, 0) is 26.0 Å². The van der Waals surface area contributed by atoms with E-state index in [0.29, 0.717) is 26.4 Å². The summed E-state index contributed by atoms with van der Waals surface area (Å²) in [5.41, 5.74) is -1.75. The maximum atomic E-state index is 12.3. The second-order valence-electron chi connectivity index (χ2n) is 5.71. The summed E-state index contributed by atoms with van der Waals surface area (Å²) in [6.45, 7) is 7.19. The Morgan fingerprint density at radius 1 is 1.41 bits per heavy atom. The molecular weight excluding hydrogens is 288 g/mol. The van der Waals surface area contributed by atoms with Gasteiger partial charge < -0.3 is 14.6 Å². The number of carbonyl (C=O) groups is 1. The number of ether oxygens (including phenoxy) is 2. The van der Waals surface area contributed by atoms with Gasteiger partial charge in [-0.1, -0.05) is 0 Å². The molecule has 1 aliphatic rings. The minimum Gasteiger partial charge on any atom is -0.487 e. The fraction of sp³-hybridized carbons (Fsp3) is 0.600. The smallest absolute Gasteiger partial charge is 0.329 e.